The van der Waals surface area contributed by atoms with Crippen LogP contribution in [0.1, 0.15) is 17.3 Å². The smallest absolute Gasteiger partial charge is 0.251 e. The number of carbonyl (C=O) groups excluding carboxylic acids is 1. The van der Waals surface area contributed by atoms with Crippen molar-refractivity contribution in [2.24, 2.45) is 0 Å². The zero-order valence-electron chi connectivity index (χ0n) is 11.0. The van der Waals surface area contributed by atoms with Crippen LogP contribution in [-0.4, -0.2) is 12.5 Å². The maximum Gasteiger partial charge on any atom is 0.251 e. The molecule has 20 heavy (non-hydrogen) atoms. The van der Waals surface area contributed by atoms with Crippen LogP contribution in [0.4, 0.5) is 5.69 Å². The van der Waals surface area contributed by atoms with Crippen LogP contribution in [0, 0.1) is 3.57 Å². The van der Waals surface area contributed by atoms with Crippen LogP contribution in [0.25, 0.3) is 0 Å². The minimum absolute atomic E-state index is 0.139. The third-order valence-corrected chi connectivity index (χ3v) is 3.56. The van der Waals surface area contributed by atoms with E-state index in [0.29, 0.717) is 23.5 Å². The summed E-state index contributed by atoms with van der Waals surface area (Å²) in [5, 5.41) is 2.73. The van der Waals surface area contributed by atoms with Crippen LogP contribution < -0.4 is 15.8 Å². The summed E-state index contributed by atoms with van der Waals surface area (Å²) in [7, 11) is 0. The van der Waals surface area contributed by atoms with Gasteiger partial charge in [-0.2, -0.15) is 0 Å². The van der Waals surface area contributed by atoms with Crippen molar-refractivity contribution in [3.63, 3.8) is 0 Å². The van der Waals surface area contributed by atoms with E-state index in [2.05, 4.69) is 27.9 Å². The SMILES string of the molecule is CCNC(=O)c1ccc(Oc2ccccc2I)c(N)c1. The number of para-hydroxylation sites is 1. The Labute approximate surface area is 131 Å². The van der Waals surface area contributed by atoms with Crippen LogP contribution in [0.2, 0.25) is 0 Å². The molecule has 2 rings (SSSR count). The zero-order chi connectivity index (χ0) is 14.5. The quantitative estimate of drug-likeness (QED) is 0.629. The van der Waals surface area contributed by atoms with Crippen LogP contribution >= 0.6 is 22.6 Å². The van der Waals surface area contributed by atoms with Crippen molar-refractivity contribution in [1.29, 1.82) is 0 Å². The van der Waals surface area contributed by atoms with Crippen molar-refractivity contribution in [1.82, 2.24) is 5.32 Å². The summed E-state index contributed by atoms with van der Waals surface area (Å²) >= 11 is 2.20. The molecule has 0 bridgehead atoms. The van der Waals surface area contributed by atoms with Crippen molar-refractivity contribution in [2.45, 2.75) is 6.92 Å². The van der Waals surface area contributed by atoms with Crippen molar-refractivity contribution in [2.75, 3.05) is 12.3 Å². The lowest BCUT2D eigenvalue weighted by molar-refractivity contribution is 0.0956. The second-order valence-electron chi connectivity index (χ2n) is 4.14. The molecule has 0 aromatic heterocycles. The average molecular weight is 382 g/mol. The van der Waals surface area contributed by atoms with Gasteiger partial charge in [0.15, 0.2) is 0 Å². The molecule has 5 heteroatoms. The van der Waals surface area contributed by atoms with Gasteiger partial charge in [0.1, 0.15) is 11.5 Å². The second kappa shape index (κ2) is 6.60. The molecule has 0 aliphatic heterocycles. The highest BCUT2D eigenvalue weighted by molar-refractivity contribution is 14.1. The Morgan fingerprint density at radius 1 is 1.25 bits per heavy atom. The number of hydrogen-bond donors (Lipinski definition) is 2. The largest absolute Gasteiger partial charge is 0.454 e. The fourth-order valence-electron chi connectivity index (χ4n) is 1.69. The Morgan fingerprint density at radius 3 is 2.65 bits per heavy atom. The van der Waals surface area contributed by atoms with Gasteiger partial charge in [-0.1, -0.05) is 12.1 Å². The Balaban J connectivity index is 2.22. The Bertz CT molecular complexity index is 629. The van der Waals surface area contributed by atoms with Crippen LogP contribution in [0.15, 0.2) is 42.5 Å². The molecular formula is C15H15IN2O2. The van der Waals surface area contributed by atoms with Crippen LogP contribution in [-0.2, 0) is 0 Å². The predicted molar refractivity (Wildman–Crippen MR) is 88.1 cm³/mol. The number of ether oxygens (including phenoxy) is 1. The molecule has 4 nitrogen and oxygen atoms in total. The molecule has 0 aliphatic rings. The van der Waals surface area contributed by atoms with E-state index in [1.54, 1.807) is 18.2 Å². The number of halogens is 1. The number of rotatable bonds is 4. The fraction of sp³-hybridized carbons (Fsp3) is 0.133. The summed E-state index contributed by atoms with van der Waals surface area (Å²) in [5.41, 5.74) is 6.91. The van der Waals surface area contributed by atoms with Gasteiger partial charge in [0, 0.05) is 12.1 Å². The van der Waals surface area contributed by atoms with E-state index in [0.717, 1.165) is 9.32 Å². The first-order chi connectivity index (χ1) is 9.61. The highest BCUT2D eigenvalue weighted by Gasteiger charge is 2.09. The van der Waals surface area contributed by atoms with Crippen molar-refractivity contribution in [3.8, 4) is 11.5 Å². The van der Waals surface area contributed by atoms with Crippen LogP contribution in [0.5, 0.6) is 11.5 Å². The molecule has 0 atom stereocenters. The number of anilines is 1. The van der Waals surface area contributed by atoms with Crippen molar-refractivity contribution in [3.05, 3.63) is 51.6 Å². The summed E-state index contributed by atoms with van der Waals surface area (Å²) < 4.78 is 6.77. The Hall–Kier alpha value is -1.76. The molecule has 0 heterocycles. The number of nitrogen functional groups attached to an aromatic ring is 1. The Kier molecular flexibility index (Phi) is 4.84. The molecule has 0 saturated carbocycles. The third-order valence-electron chi connectivity index (χ3n) is 2.67. The third kappa shape index (κ3) is 3.41. The number of hydrogen-bond acceptors (Lipinski definition) is 3. The van der Waals surface area contributed by atoms with E-state index in [9.17, 15) is 4.79 Å². The summed E-state index contributed by atoms with van der Waals surface area (Å²) in [6.07, 6.45) is 0. The van der Waals surface area contributed by atoms with E-state index in [4.69, 9.17) is 10.5 Å². The lowest BCUT2D eigenvalue weighted by Crippen LogP contribution is -2.22. The van der Waals surface area contributed by atoms with Gasteiger partial charge in [0.25, 0.3) is 5.91 Å². The first kappa shape index (κ1) is 14.6. The van der Waals surface area contributed by atoms with E-state index < -0.39 is 0 Å². The number of benzene rings is 2. The summed E-state index contributed by atoms with van der Waals surface area (Å²) in [6, 6.07) is 12.7. The molecule has 0 radical (unpaired) electrons. The molecule has 2 aromatic rings. The van der Waals surface area contributed by atoms with Gasteiger partial charge in [-0.05, 0) is 59.8 Å². The van der Waals surface area contributed by atoms with Gasteiger partial charge >= 0.3 is 0 Å². The van der Waals surface area contributed by atoms with E-state index in [1.807, 2.05) is 31.2 Å². The van der Waals surface area contributed by atoms with Crippen LogP contribution in [0.3, 0.4) is 0 Å². The Morgan fingerprint density at radius 2 is 2.00 bits per heavy atom. The maximum absolute atomic E-state index is 11.7. The molecule has 2 aromatic carbocycles. The molecule has 0 spiro atoms. The normalized spacial score (nSPS) is 10.1. The molecule has 0 saturated heterocycles. The zero-order valence-corrected chi connectivity index (χ0v) is 13.2. The summed E-state index contributed by atoms with van der Waals surface area (Å²) in [4.78, 5) is 11.7. The number of nitrogens with one attached hydrogen (secondary N) is 1. The van der Waals surface area contributed by atoms with Gasteiger partial charge < -0.3 is 15.8 Å². The van der Waals surface area contributed by atoms with E-state index in [1.165, 1.54) is 0 Å². The highest BCUT2D eigenvalue weighted by atomic mass is 127. The summed E-state index contributed by atoms with van der Waals surface area (Å²) in [5.74, 6) is 1.15. The van der Waals surface area contributed by atoms with Gasteiger partial charge in [0.2, 0.25) is 0 Å². The molecule has 1 amide bonds. The molecule has 0 aliphatic carbocycles. The fourth-order valence-corrected chi connectivity index (χ4v) is 2.19. The first-order valence-corrected chi connectivity index (χ1v) is 7.29. The molecule has 104 valence electrons. The molecule has 3 N–H and O–H groups in total. The topological polar surface area (TPSA) is 64.3 Å². The second-order valence-corrected chi connectivity index (χ2v) is 5.31. The highest BCUT2D eigenvalue weighted by Crippen LogP contribution is 2.30. The molecular weight excluding hydrogens is 367 g/mol. The van der Waals surface area contributed by atoms with Gasteiger partial charge in [-0.25, -0.2) is 0 Å². The standard InChI is InChI=1S/C15H15IN2O2/c1-2-18-15(19)10-7-8-14(12(17)9-10)20-13-6-4-3-5-11(13)16/h3-9H,2,17H2,1H3,(H,18,19). The number of carbonyl (C=O) groups is 1. The predicted octanol–water partition coefficient (Wildman–Crippen LogP) is 3.42. The summed E-state index contributed by atoms with van der Waals surface area (Å²) in [6.45, 7) is 2.45. The van der Waals surface area contributed by atoms with Gasteiger partial charge in [-0.15, -0.1) is 0 Å². The van der Waals surface area contributed by atoms with E-state index in [-0.39, 0.29) is 5.91 Å². The van der Waals surface area contributed by atoms with Gasteiger partial charge in [0.05, 0.1) is 9.26 Å². The molecule has 0 unspecified atom stereocenters. The van der Waals surface area contributed by atoms with Crippen molar-refractivity contribution < 1.29 is 9.53 Å². The van der Waals surface area contributed by atoms with Gasteiger partial charge in [-0.3, -0.25) is 4.79 Å². The first-order valence-electron chi connectivity index (χ1n) is 6.22. The minimum Gasteiger partial charge on any atom is -0.454 e. The average Bonchev–Trinajstić information content (AvgIpc) is 2.43. The molecule has 0 fully saturated rings. The monoisotopic (exact) mass is 382 g/mol. The maximum atomic E-state index is 11.7. The lowest BCUT2D eigenvalue weighted by atomic mass is 10.1. The van der Waals surface area contributed by atoms with Crippen molar-refractivity contribution >= 4 is 34.2 Å². The number of nitrogens with two attached hydrogens (primary N) is 1. The van der Waals surface area contributed by atoms with E-state index >= 15 is 0 Å². The minimum atomic E-state index is -0.139. The number of amides is 1. The lowest BCUT2D eigenvalue weighted by Gasteiger charge is -2.11.